The lowest BCUT2D eigenvalue weighted by Gasteiger charge is -2.23. The molecule has 4 nitrogen and oxygen atoms in total. The molecule has 1 saturated heterocycles. The number of hydrogen-bond donors (Lipinski definition) is 2. The topological polar surface area (TPSA) is 50.7 Å². The summed E-state index contributed by atoms with van der Waals surface area (Å²) in [4.78, 5) is 0. The summed E-state index contributed by atoms with van der Waals surface area (Å²) in [5.74, 6) is 0.555. The Balaban J connectivity index is 1.39. The van der Waals surface area contributed by atoms with Gasteiger partial charge in [-0.25, -0.2) is 8.78 Å². The molecule has 4 aromatic carbocycles. The molecule has 0 aromatic heterocycles. The van der Waals surface area contributed by atoms with Crippen LogP contribution in [0.5, 0.6) is 23.0 Å². The zero-order valence-electron chi connectivity index (χ0n) is 19.3. The van der Waals surface area contributed by atoms with Gasteiger partial charge >= 0.3 is 0 Å². The molecule has 1 atom stereocenters. The Morgan fingerprint density at radius 2 is 1.63 bits per heavy atom. The molecule has 35 heavy (non-hydrogen) atoms. The number of phenolic OH excluding ortho intramolecular Hbond substituents is 1. The molecule has 1 aliphatic heterocycles. The Morgan fingerprint density at radius 1 is 0.857 bits per heavy atom. The summed E-state index contributed by atoms with van der Waals surface area (Å²) in [6.45, 7) is 1.72. The third kappa shape index (κ3) is 5.54. The Morgan fingerprint density at radius 3 is 2.37 bits per heavy atom. The molecule has 1 unspecified atom stereocenters. The summed E-state index contributed by atoms with van der Waals surface area (Å²) in [6, 6.07) is 19.7. The van der Waals surface area contributed by atoms with E-state index in [0.29, 0.717) is 40.7 Å². The van der Waals surface area contributed by atoms with E-state index in [4.69, 9.17) is 9.47 Å². The van der Waals surface area contributed by atoms with Gasteiger partial charge in [0.05, 0.1) is 6.61 Å². The third-order valence-corrected chi connectivity index (χ3v) is 6.32. The maximum absolute atomic E-state index is 14.0. The maximum atomic E-state index is 14.0. The molecule has 1 fully saturated rings. The van der Waals surface area contributed by atoms with E-state index in [1.807, 2.05) is 24.3 Å². The second-order valence-electron chi connectivity index (χ2n) is 8.86. The van der Waals surface area contributed by atoms with Crippen molar-refractivity contribution in [3.63, 3.8) is 0 Å². The molecule has 0 amide bonds. The third-order valence-electron chi connectivity index (χ3n) is 6.32. The number of nitrogens with one attached hydrogen (secondary N) is 1. The molecule has 4 aromatic rings. The average molecular weight is 476 g/mol. The summed E-state index contributed by atoms with van der Waals surface area (Å²) < 4.78 is 40.1. The van der Waals surface area contributed by atoms with Crippen LogP contribution in [-0.4, -0.2) is 24.3 Å². The second-order valence-corrected chi connectivity index (χ2v) is 8.86. The zero-order chi connectivity index (χ0) is 24.2. The van der Waals surface area contributed by atoms with Gasteiger partial charge in [-0.3, -0.25) is 0 Å². The monoisotopic (exact) mass is 475 g/mol. The van der Waals surface area contributed by atoms with Crippen LogP contribution < -0.4 is 14.8 Å². The first-order valence-corrected chi connectivity index (χ1v) is 11.9. The first-order valence-electron chi connectivity index (χ1n) is 11.9. The first kappa shape index (κ1) is 23.1. The van der Waals surface area contributed by atoms with Gasteiger partial charge in [-0.2, -0.15) is 0 Å². The highest BCUT2D eigenvalue weighted by Crippen LogP contribution is 2.41. The van der Waals surface area contributed by atoms with Gasteiger partial charge in [0, 0.05) is 23.1 Å². The molecular weight excluding hydrogens is 448 g/mol. The molecule has 0 spiro atoms. The van der Waals surface area contributed by atoms with Crippen molar-refractivity contribution in [2.75, 3.05) is 13.2 Å². The largest absolute Gasteiger partial charge is 0.508 e. The van der Waals surface area contributed by atoms with Gasteiger partial charge in [0.15, 0.2) is 0 Å². The number of phenols is 1. The van der Waals surface area contributed by atoms with E-state index in [1.54, 1.807) is 30.3 Å². The molecule has 0 aliphatic carbocycles. The van der Waals surface area contributed by atoms with Crippen LogP contribution in [0.15, 0.2) is 72.8 Å². The van der Waals surface area contributed by atoms with Gasteiger partial charge in [0.2, 0.25) is 0 Å². The number of rotatable bonds is 7. The van der Waals surface area contributed by atoms with Crippen LogP contribution in [0.4, 0.5) is 8.78 Å². The predicted octanol–water partition coefficient (Wildman–Crippen LogP) is 7.19. The molecule has 1 aliphatic rings. The molecule has 0 bridgehead atoms. The Hall–Kier alpha value is -3.64. The smallest absolute Gasteiger partial charge is 0.143 e. The van der Waals surface area contributed by atoms with E-state index in [-0.39, 0.29) is 5.75 Å². The predicted molar refractivity (Wildman–Crippen MR) is 133 cm³/mol. The van der Waals surface area contributed by atoms with Crippen molar-refractivity contribution in [1.29, 1.82) is 0 Å². The highest BCUT2D eigenvalue weighted by molar-refractivity contribution is 5.96. The molecule has 5 rings (SSSR count). The molecule has 6 heteroatoms. The number of benzene rings is 4. The molecular formula is C29H27F2NO3. The zero-order valence-corrected chi connectivity index (χ0v) is 19.3. The van der Waals surface area contributed by atoms with Gasteiger partial charge in [-0.1, -0.05) is 12.5 Å². The standard InChI is InChI=1S/C29H27F2NO3/c30-21-15-20(16-22(31)18-21)28-10-4-19-17-24(33)5-11-27(19)29(28)35-26-8-6-25(7-9-26)34-14-12-23-3-1-2-13-32-23/h4-11,15-18,23,32-33H,1-3,12-14H2. The van der Waals surface area contributed by atoms with Gasteiger partial charge in [0.1, 0.15) is 34.6 Å². The number of piperidine rings is 1. The van der Waals surface area contributed by atoms with E-state index in [2.05, 4.69) is 5.32 Å². The van der Waals surface area contributed by atoms with E-state index in [0.717, 1.165) is 30.2 Å². The Labute approximate surface area is 203 Å². The maximum Gasteiger partial charge on any atom is 0.143 e. The minimum Gasteiger partial charge on any atom is -0.508 e. The van der Waals surface area contributed by atoms with Crippen LogP contribution in [0, 0.1) is 11.6 Å². The van der Waals surface area contributed by atoms with E-state index < -0.39 is 11.6 Å². The average Bonchev–Trinajstić information content (AvgIpc) is 2.85. The molecule has 1 heterocycles. The van der Waals surface area contributed by atoms with Crippen molar-refractivity contribution >= 4 is 10.8 Å². The second kappa shape index (κ2) is 10.3. The lowest BCUT2D eigenvalue weighted by Crippen LogP contribution is -2.35. The number of aromatic hydroxyl groups is 1. The summed E-state index contributed by atoms with van der Waals surface area (Å²) in [5, 5.41) is 14.9. The van der Waals surface area contributed by atoms with Gasteiger partial charge < -0.3 is 19.9 Å². The fourth-order valence-electron chi connectivity index (χ4n) is 4.55. The van der Waals surface area contributed by atoms with Crippen molar-refractivity contribution in [1.82, 2.24) is 5.32 Å². The van der Waals surface area contributed by atoms with Crippen LogP contribution in [0.1, 0.15) is 25.7 Å². The highest BCUT2D eigenvalue weighted by atomic mass is 19.1. The van der Waals surface area contributed by atoms with Crippen LogP contribution in [-0.2, 0) is 0 Å². The molecule has 2 N–H and O–H groups in total. The van der Waals surface area contributed by atoms with Crippen molar-refractivity contribution in [2.45, 2.75) is 31.7 Å². The van der Waals surface area contributed by atoms with Gasteiger partial charge in [0.25, 0.3) is 0 Å². The van der Waals surface area contributed by atoms with Crippen LogP contribution in [0.2, 0.25) is 0 Å². The molecule has 0 saturated carbocycles. The number of ether oxygens (including phenoxy) is 2. The SMILES string of the molecule is Oc1ccc2c(Oc3ccc(OCCC4CCCCN4)cc3)c(-c3cc(F)cc(F)c3)ccc2c1. The quantitative estimate of drug-likeness (QED) is 0.297. The van der Waals surface area contributed by atoms with E-state index in [1.165, 1.54) is 31.4 Å². The lowest BCUT2D eigenvalue weighted by molar-refractivity contribution is 0.268. The van der Waals surface area contributed by atoms with Gasteiger partial charge in [-0.05, 0) is 97.4 Å². The van der Waals surface area contributed by atoms with Crippen LogP contribution >= 0.6 is 0 Å². The van der Waals surface area contributed by atoms with E-state index in [9.17, 15) is 13.9 Å². The van der Waals surface area contributed by atoms with Crippen molar-refractivity contribution < 1.29 is 23.4 Å². The normalized spacial score (nSPS) is 15.8. The molecule has 0 radical (unpaired) electrons. The highest BCUT2D eigenvalue weighted by Gasteiger charge is 2.15. The Kier molecular flexibility index (Phi) is 6.82. The van der Waals surface area contributed by atoms with E-state index >= 15 is 0 Å². The lowest BCUT2D eigenvalue weighted by atomic mass is 9.99. The first-order chi connectivity index (χ1) is 17.0. The summed E-state index contributed by atoms with van der Waals surface area (Å²) in [7, 11) is 0. The fraction of sp³-hybridized carbons (Fsp3) is 0.241. The molecule has 180 valence electrons. The van der Waals surface area contributed by atoms with Crippen LogP contribution in [0.3, 0.4) is 0 Å². The number of fused-ring (bicyclic) bond motifs is 1. The fourth-order valence-corrected chi connectivity index (χ4v) is 4.55. The minimum atomic E-state index is -0.665. The number of hydrogen-bond acceptors (Lipinski definition) is 4. The Bertz CT molecular complexity index is 1300. The van der Waals surface area contributed by atoms with Crippen molar-refractivity contribution in [3.05, 3.63) is 84.4 Å². The minimum absolute atomic E-state index is 0.123. The van der Waals surface area contributed by atoms with Crippen LogP contribution in [0.25, 0.3) is 21.9 Å². The summed E-state index contributed by atoms with van der Waals surface area (Å²) in [6.07, 6.45) is 4.67. The summed E-state index contributed by atoms with van der Waals surface area (Å²) >= 11 is 0. The van der Waals surface area contributed by atoms with Crippen molar-refractivity contribution in [3.8, 4) is 34.1 Å². The van der Waals surface area contributed by atoms with Crippen molar-refractivity contribution in [2.24, 2.45) is 0 Å². The number of halogens is 2. The summed E-state index contributed by atoms with van der Waals surface area (Å²) in [5.41, 5.74) is 0.908. The van der Waals surface area contributed by atoms with Gasteiger partial charge in [-0.15, -0.1) is 0 Å².